The first-order valence-electron chi connectivity index (χ1n) is 3.23. The maximum Gasteiger partial charge on any atom is 0.265 e. The van der Waals surface area contributed by atoms with Crippen molar-refractivity contribution in [2.24, 2.45) is 0 Å². The van der Waals surface area contributed by atoms with E-state index in [1.807, 2.05) is 0 Å². The van der Waals surface area contributed by atoms with E-state index in [1.54, 1.807) is 0 Å². The van der Waals surface area contributed by atoms with E-state index in [2.05, 4.69) is 15.9 Å². The number of benzene rings is 1. The Kier molecular flexibility index (Phi) is 2.94. The number of alkyl halides is 2. The quantitative estimate of drug-likeness (QED) is 0.749. The van der Waals surface area contributed by atoms with E-state index >= 15 is 0 Å². The van der Waals surface area contributed by atoms with Crippen LogP contribution in [0, 0.1) is 17.1 Å². The van der Waals surface area contributed by atoms with Gasteiger partial charge in [-0.05, 0) is 28.1 Å². The smallest absolute Gasteiger partial charge is 0.206 e. The third-order valence-electron chi connectivity index (χ3n) is 1.45. The van der Waals surface area contributed by atoms with Gasteiger partial charge in [0.05, 0.1) is 16.1 Å². The molecule has 0 aliphatic heterocycles. The number of hydrogen-bond acceptors (Lipinski definition) is 1. The highest BCUT2D eigenvalue weighted by atomic mass is 79.9. The zero-order valence-corrected chi connectivity index (χ0v) is 7.78. The van der Waals surface area contributed by atoms with Gasteiger partial charge in [0, 0.05) is 5.56 Å². The van der Waals surface area contributed by atoms with E-state index in [0.29, 0.717) is 0 Å². The highest BCUT2D eigenvalue weighted by Gasteiger charge is 2.15. The maximum atomic E-state index is 12.8. The van der Waals surface area contributed by atoms with Crippen LogP contribution >= 0.6 is 15.9 Å². The van der Waals surface area contributed by atoms with Gasteiger partial charge in [-0.1, -0.05) is 0 Å². The summed E-state index contributed by atoms with van der Waals surface area (Å²) in [5, 5.41) is 8.42. The van der Waals surface area contributed by atoms with Crippen LogP contribution in [0.5, 0.6) is 0 Å². The lowest BCUT2D eigenvalue weighted by Gasteiger charge is -2.03. The van der Waals surface area contributed by atoms with Gasteiger partial charge in [0.15, 0.2) is 0 Å². The summed E-state index contributed by atoms with van der Waals surface area (Å²) < 4.78 is 37.2. The molecule has 0 fully saturated rings. The van der Waals surface area contributed by atoms with Crippen LogP contribution in [0.3, 0.4) is 0 Å². The highest BCUT2D eigenvalue weighted by molar-refractivity contribution is 9.10. The molecule has 0 amide bonds. The van der Waals surface area contributed by atoms with E-state index in [0.717, 1.165) is 12.1 Å². The Hall–Kier alpha value is -1.02. The number of rotatable bonds is 1. The number of nitrogens with zero attached hydrogens (tertiary/aromatic N) is 1. The predicted molar refractivity (Wildman–Crippen MR) is 43.8 cm³/mol. The van der Waals surface area contributed by atoms with Gasteiger partial charge in [0.2, 0.25) is 0 Å². The lowest BCUT2D eigenvalue weighted by Crippen LogP contribution is -1.92. The van der Waals surface area contributed by atoms with Crippen molar-refractivity contribution in [3.8, 4) is 6.07 Å². The lowest BCUT2D eigenvalue weighted by molar-refractivity contribution is 0.151. The molecular weight excluding hydrogens is 247 g/mol. The van der Waals surface area contributed by atoms with E-state index in [-0.39, 0.29) is 10.0 Å². The first-order chi connectivity index (χ1) is 6.06. The average Bonchev–Trinajstić information content (AvgIpc) is 2.08. The van der Waals surface area contributed by atoms with Crippen LogP contribution < -0.4 is 0 Å². The second-order valence-electron chi connectivity index (χ2n) is 2.27. The van der Waals surface area contributed by atoms with Gasteiger partial charge in [0.25, 0.3) is 6.43 Å². The summed E-state index contributed by atoms with van der Waals surface area (Å²) >= 11 is 2.76. The van der Waals surface area contributed by atoms with Crippen molar-refractivity contribution in [1.29, 1.82) is 5.26 Å². The van der Waals surface area contributed by atoms with Crippen molar-refractivity contribution in [3.63, 3.8) is 0 Å². The molecule has 0 aliphatic rings. The van der Waals surface area contributed by atoms with E-state index in [4.69, 9.17) is 5.26 Å². The molecule has 0 aliphatic carbocycles. The molecule has 13 heavy (non-hydrogen) atoms. The average molecular weight is 250 g/mol. The first-order valence-corrected chi connectivity index (χ1v) is 4.02. The fraction of sp³-hybridized carbons (Fsp3) is 0.125. The Labute approximate surface area is 80.9 Å². The molecule has 68 valence electrons. The molecular formula is C8H3BrF3N. The molecule has 0 N–H and O–H groups in total. The molecule has 0 heterocycles. The molecule has 1 aromatic rings. The minimum absolute atomic E-state index is 0.0678. The summed E-state index contributed by atoms with van der Waals surface area (Å²) in [6.07, 6.45) is -2.77. The van der Waals surface area contributed by atoms with E-state index in [9.17, 15) is 13.2 Å². The van der Waals surface area contributed by atoms with E-state index in [1.165, 1.54) is 6.07 Å². The molecule has 0 spiro atoms. The third kappa shape index (κ3) is 2.01. The van der Waals surface area contributed by atoms with Gasteiger partial charge in [-0.25, -0.2) is 13.2 Å². The van der Waals surface area contributed by atoms with Crippen LogP contribution in [0.15, 0.2) is 16.6 Å². The van der Waals surface area contributed by atoms with Gasteiger partial charge < -0.3 is 0 Å². The minimum atomic E-state index is -2.77. The molecule has 0 saturated carbocycles. The maximum absolute atomic E-state index is 12.8. The van der Waals surface area contributed by atoms with Crippen LogP contribution in [0.1, 0.15) is 17.6 Å². The third-order valence-corrected chi connectivity index (χ3v) is 2.06. The van der Waals surface area contributed by atoms with Gasteiger partial charge in [0.1, 0.15) is 5.82 Å². The van der Waals surface area contributed by atoms with E-state index < -0.39 is 17.8 Å². The van der Waals surface area contributed by atoms with Crippen molar-refractivity contribution in [2.75, 3.05) is 0 Å². The molecule has 5 heteroatoms. The van der Waals surface area contributed by atoms with Crippen LogP contribution in [-0.4, -0.2) is 0 Å². The Balaban J connectivity index is 3.35. The van der Waals surface area contributed by atoms with Crippen molar-refractivity contribution >= 4 is 15.9 Å². The molecule has 1 aromatic carbocycles. The Morgan fingerprint density at radius 1 is 1.38 bits per heavy atom. The summed E-state index contributed by atoms with van der Waals surface area (Å²) in [7, 11) is 0. The number of hydrogen-bond donors (Lipinski definition) is 0. The Morgan fingerprint density at radius 3 is 2.46 bits per heavy atom. The fourth-order valence-electron chi connectivity index (χ4n) is 0.840. The van der Waals surface area contributed by atoms with Crippen LogP contribution in [-0.2, 0) is 0 Å². The normalized spacial score (nSPS) is 10.2. The standard InChI is InChI=1S/C8H3BrF3N/c9-6-2-5(8(11)12)4(3-13)1-7(6)10/h1-2,8H. The van der Waals surface area contributed by atoms with Crippen molar-refractivity contribution in [2.45, 2.75) is 6.43 Å². The van der Waals surface area contributed by atoms with Crippen LogP contribution in [0.25, 0.3) is 0 Å². The van der Waals surface area contributed by atoms with Gasteiger partial charge in [-0.15, -0.1) is 0 Å². The number of nitriles is 1. The SMILES string of the molecule is N#Cc1cc(F)c(Br)cc1C(F)F. The van der Waals surface area contributed by atoms with Crippen molar-refractivity contribution < 1.29 is 13.2 Å². The van der Waals surface area contributed by atoms with Gasteiger partial charge in [-0.3, -0.25) is 0 Å². The predicted octanol–water partition coefficient (Wildman–Crippen LogP) is 3.40. The summed E-state index contributed by atoms with van der Waals surface area (Å²) in [5.41, 5.74) is -0.800. The molecule has 0 atom stereocenters. The molecule has 0 bridgehead atoms. The molecule has 0 aromatic heterocycles. The van der Waals surface area contributed by atoms with Crippen molar-refractivity contribution in [3.05, 3.63) is 33.5 Å². The van der Waals surface area contributed by atoms with Crippen molar-refractivity contribution in [1.82, 2.24) is 0 Å². The zero-order chi connectivity index (χ0) is 10.0. The molecule has 0 radical (unpaired) electrons. The van der Waals surface area contributed by atoms with Crippen LogP contribution in [0.4, 0.5) is 13.2 Å². The van der Waals surface area contributed by atoms with Crippen LogP contribution in [0.2, 0.25) is 0 Å². The molecule has 1 rings (SSSR count). The molecule has 0 unspecified atom stereocenters. The summed E-state index contributed by atoms with van der Waals surface area (Å²) in [5.74, 6) is -0.721. The summed E-state index contributed by atoms with van der Waals surface area (Å²) in [4.78, 5) is 0. The Morgan fingerprint density at radius 2 is 2.00 bits per heavy atom. The highest BCUT2D eigenvalue weighted by Crippen LogP contribution is 2.27. The Bertz CT molecular complexity index is 370. The fourth-order valence-corrected chi connectivity index (χ4v) is 1.20. The van der Waals surface area contributed by atoms with Gasteiger partial charge >= 0.3 is 0 Å². The zero-order valence-electron chi connectivity index (χ0n) is 6.19. The largest absolute Gasteiger partial charge is 0.265 e. The molecule has 1 nitrogen and oxygen atoms in total. The summed E-state index contributed by atoms with van der Waals surface area (Å²) in [6, 6.07) is 3.20. The summed E-state index contributed by atoms with van der Waals surface area (Å²) in [6.45, 7) is 0. The first kappa shape index (κ1) is 10.1. The topological polar surface area (TPSA) is 23.8 Å². The monoisotopic (exact) mass is 249 g/mol. The minimum Gasteiger partial charge on any atom is -0.206 e. The lowest BCUT2D eigenvalue weighted by atomic mass is 10.1. The van der Waals surface area contributed by atoms with Gasteiger partial charge in [-0.2, -0.15) is 5.26 Å². The second kappa shape index (κ2) is 3.79. The second-order valence-corrected chi connectivity index (χ2v) is 3.12. The molecule has 0 saturated heterocycles. The number of halogens is 4.